The zero-order valence-corrected chi connectivity index (χ0v) is 9.78. The third kappa shape index (κ3) is 1.97. The Morgan fingerprint density at radius 3 is 2.38 bits per heavy atom. The first-order valence-electron chi connectivity index (χ1n) is 4.76. The molecule has 1 aliphatic rings. The number of carboxylic acids is 2. The molecular weight excluding hydrogens is 232 g/mol. The number of hydrogen-bond donors (Lipinski definition) is 2. The molecule has 1 atom stereocenters. The maximum Gasteiger partial charge on any atom is 0.332 e. The van der Waals surface area contributed by atoms with E-state index < -0.39 is 23.3 Å². The van der Waals surface area contributed by atoms with Crippen LogP contribution in [0.25, 0.3) is 0 Å². The topological polar surface area (TPSA) is 74.6 Å². The predicted octanol–water partition coefficient (Wildman–Crippen LogP) is 1.90. The first-order chi connectivity index (χ1) is 7.32. The molecule has 88 valence electrons. The van der Waals surface area contributed by atoms with Crippen LogP contribution in [0.15, 0.2) is 23.3 Å². The molecule has 0 aromatic carbocycles. The standard InChI is InChI=1S/C11H13ClO4/c1-11(2)7(9(13)14)4-3-6(5-12)8(11)10(15)16/h3-4,7H,5H2,1-2H3,(H,13,14)(H,15,16)/t7-/m1/s1. The number of halogens is 1. The summed E-state index contributed by atoms with van der Waals surface area (Å²) < 4.78 is 0. The number of carboxylic acid groups (broad SMARTS) is 2. The van der Waals surface area contributed by atoms with E-state index >= 15 is 0 Å². The summed E-state index contributed by atoms with van der Waals surface area (Å²) in [6.45, 7) is 3.20. The Labute approximate surface area is 98.2 Å². The minimum absolute atomic E-state index is 0.0634. The fourth-order valence-electron chi connectivity index (χ4n) is 2.02. The summed E-state index contributed by atoms with van der Waals surface area (Å²) >= 11 is 5.65. The van der Waals surface area contributed by atoms with Gasteiger partial charge in [-0.2, -0.15) is 0 Å². The Bertz CT molecular complexity index is 393. The smallest absolute Gasteiger partial charge is 0.332 e. The van der Waals surface area contributed by atoms with Gasteiger partial charge in [0.15, 0.2) is 0 Å². The Balaban J connectivity index is 3.33. The predicted molar refractivity (Wildman–Crippen MR) is 59.4 cm³/mol. The van der Waals surface area contributed by atoms with Crippen molar-refractivity contribution in [3.05, 3.63) is 23.3 Å². The van der Waals surface area contributed by atoms with Crippen molar-refractivity contribution in [2.24, 2.45) is 11.3 Å². The van der Waals surface area contributed by atoms with E-state index in [2.05, 4.69) is 0 Å². The summed E-state index contributed by atoms with van der Waals surface area (Å²) in [6, 6.07) is 0. The number of aliphatic carboxylic acids is 2. The highest BCUT2D eigenvalue weighted by atomic mass is 35.5. The molecule has 0 heterocycles. The fraction of sp³-hybridized carbons (Fsp3) is 0.455. The molecule has 0 aromatic rings. The van der Waals surface area contributed by atoms with E-state index in [1.807, 2.05) is 0 Å². The molecule has 1 rings (SSSR count). The van der Waals surface area contributed by atoms with Gasteiger partial charge in [-0.1, -0.05) is 26.0 Å². The third-order valence-electron chi connectivity index (χ3n) is 2.86. The van der Waals surface area contributed by atoms with Gasteiger partial charge < -0.3 is 10.2 Å². The van der Waals surface area contributed by atoms with Crippen LogP contribution in [0.4, 0.5) is 0 Å². The van der Waals surface area contributed by atoms with Crippen molar-refractivity contribution in [3.63, 3.8) is 0 Å². The van der Waals surface area contributed by atoms with Crippen LogP contribution in [0.2, 0.25) is 0 Å². The molecule has 16 heavy (non-hydrogen) atoms. The molecule has 4 nitrogen and oxygen atoms in total. The maximum atomic E-state index is 11.2. The monoisotopic (exact) mass is 244 g/mol. The minimum Gasteiger partial charge on any atom is -0.481 e. The van der Waals surface area contributed by atoms with Gasteiger partial charge >= 0.3 is 11.9 Å². The first kappa shape index (κ1) is 12.8. The molecule has 0 radical (unpaired) electrons. The van der Waals surface area contributed by atoms with E-state index in [-0.39, 0.29) is 11.5 Å². The average Bonchev–Trinajstić information content (AvgIpc) is 2.13. The third-order valence-corrected chi connectivity index (χ3v) is 3.14. The Kier molecular flexibility index (Phi) is 3.43. The van der Waals surface area contributed by atoms with Crippen LogP contribution in [0, 0.1) is 11.3 Å². The Morgan fingerprint density at radius 2 is 2.00 bits per heavy atom. The van der Waals surface area contributed by atoms with Crippen LogP contribution in [0.1, 0.15) is 13.8 Å². The molecule has 1 aliphatic carbocycles. The summed E-state index contributed by atoms with van der Waals surface area (Å²) in [7, 11) is 0. The van der Waals surface area contributed by atoms with Crippen molar-refractivity contribution >= 4 is 23.5 Å². The molecule has 0 bridgehead atoms. The molecule has 0 amide bonds. The van der Waals surface area contributed by atoms with Gasteiger partial charge in [0, 0.05) is 16.9 Å². The summed E-state index contributed by atoms with van der Waals surface area (Å²) in [6.07, 6.45) is 2.98. The van der Waals surface area contributed by atoms with Crippen LogP contribution in [-0.4, -0.2) is 28.0 Å². The van der Waals surface area contributed by atoms with Gasteiger partial charge in [-0.25, -0.2) is 4.79 Å². The van der Waals surface area contributed by atoms with Crippen molar-refractivity contribution in [2.75, 3.05) is 5.88 Å². The number of allylic oxidation sites excluding steroid dienone is 2. The van der Waals surface area contributed by atoms with Crippen LogP contribution in [0.3, 0.4) is 0 Å². The number of carbonyl (C=O) groups is 2. The highest BCUT2D eigenvalue weighted by Crippen LogP contribution is 2.41. The Hall–Kier alpha value is -1.29. The zero-order chi connectivity index (χ0) is 12.5. The largest absolute Gasteiger partial charge is 0.481 e. The van der Waals surface area contributed by atoms with Crippen molar-refractivity contribution in [2.45, 2.75) is 13.8 Å². The molecule has 0 saturated carbocycles. The van der Waals surface area contributed by atoms with Gasteiger partial charge in [0.1, 0.15) is 0 Å². The number of hydrogen-bond acceptors (Lipinski definition) is 2. The number of alkyl halides is 1. The van der Waals surface area contributed by atoms with Gasteiger partial charge in [0.2, 0.25) is 0 Å². The van der Waals surface area contributed by atoms with Gasteiger partial charge in [-0.05, 0) is 5.57 Å². The molecule has 0 aromatic heterocycles. The maximum absolute atomic E-state index is 11.2. The summed E-state index contributed by atoms with van der Waals surface area (Å²) in [5.41, 5.74) is -0.412. The lowest BCUT2D eigenvalue weighted by Gasteiger charge is -2.34. The van der Waals surface area contributed by atoms with Crippen LogP contribution < -0.4 is 0 Å². The highest BCUT2D eigenvalue weighted by molar-refractivity contribution is 6.20. The van der Waals surface area contributed by atoms with E-state index in [1.165, 1.54) is 12.2 Å². The second-order valence-corrected chi connectivity index (χ2v) is 4.50. The minimum atomic E-state index is -1.11. The van der Waals surface area contributed by atoms with E-state index in [0.717, 1.165) is 0 Å². The zero-order valence-electron chi connectivity index (χ0n) is 9.03. The van der Waals surface area contributed by atoms with Crippen molar-refractivity contribution in [1.82, 2.24) is 0 Å². The quantitative estimate of drug-likeness (QED) is 0.744. The molecule has 0 unspecified atom stereocenters. The molecule has 0 spiro atoms. The van der Waals surface area contributed by atoms with E-state index in [9.17, 15) is 9.59 Å². The van der Waals surface area contributed by atoms with Gasteiger partial charge in [-0.15, -0.1) is 11.6 Å². The first-order valence-corrected chi connectivity index (χ1v) is 5.29. The normalized spacial score (nSPS) is 23.3. The van der Waals surface area contributed by atoms with Crippen molar-refractivity contribution in [1.29, 1.82) is 0 Å². The summed E-state index contributed by atoms with van der Waals surface area (Å²) in [4.78, 5) is 22.2. The summed E-state index contributed by atoms with van der Waals surface area (Å²) in [5, 5.41) is 18.2. The average molecular weight is 245 g/mol. The van der Waals surface area contributed by atoms with Crippen LogP contribution >= 0.6 is 11.6 Å². The van der Waals surface area contributed by atoms with Crippen molar-refractivity contribution in [3.8, 4) is 0 Å². The fourth-order valence-corrected chi connectivity index (χ4v) is 2.24. The number of rotatable bonds is 3. The van der Waals surface area contributed by atoms with Gasteiger partial charge in [0.25, 0.3) is 0 Å². The van der Waals surface area contributed by atoms with E-state index in [4.69, 9.17) is 21.8 Å². The van der Waals surface area contributed by atoms with Gasteiger partial charge in [-0.3, -0.25) is 4.79 Å². The van der Waals surface area contributed by atoms with Crippen LogP contribution in [-0.2, 0) is 9.59 Å². The lowest BCUT2D eigenvalue weighted by molar-refractivity contribution is -0.143. The lowest BCUT2D eigenvalue weighted by Crippen LogP contribution is -2.37. The molecule has 2 N–H and O–H groups in total. The van der Waals surface area contributed by atoms with Crippen molar-refractivity contribution < 1.29 is 19.8 Å². The van der Waals surface area contributed by atoms with E-state index in [0.29, 0.717) is 5.57 Å². The molecule has 0 saturated heterocycles. The second kappa shape index (κ2) is 4.29. The highest BCUT2D eigenvalue weighted by Gasteiger charge is 2.42. The lowest BCUT2D eigenvalue weighted by atomic mass is 9.68. The molecular formula is C11H13ClO4. The molecule has 0 aliphatic heterocycles. The summed E-state index contributed by atoms with van der Waals surface area (Å²) in [5.74, 6) is -2.93. The van der Waals surface area contributed by atoms with Gasteiger partial charge in [0.05, 0.1) is 5.92 Å². The Morgan fingerprint density at radius 1 is 1.44 bits per heavy atom. The SMILES string of the molecule is CC1(C)C(C(=O)O)=C(CCl)C=C[C@@H]1C(=O)O. The van der Waals surface area contributed by atoms with Crippen LogP contribution in [0.5, 0.6) is 0 Å². The van der Waals surface area contributed by atoms with E-state index in [1.54, 1.807) is 13.8 Å². The second-order valence-electron chi connectivity index (χ2n) is 4.24. The molecule has 0 fully saturated rings. The molecule has 5 heteroatoms.